The number of ether oxygens (including phenoxy) is 1. The lowest BCUT2D eigenvalue weighted by atomic mass is 10.2. The fourth-order valence-electron chi connectivity index (χ4n) is 1.99. The van der Waals surface area contributed by atoms with E-state index < -0.39 is 0 Å². The van der Waals surface area contributed by atoms with Crippen LogP contribution in [0.5, 0.6) is 5.75 Å². The summed E-state index contributed by atoms with van der Waals surface area (Å²) < 4.78 is 5.72. The molecule has 0 atom stereocenters. The van der Waals surface area contributed by atoms with E-state index in [0.29, 0.717) is 0 Å². The molecule has 0 fully saturated rings. The van der Waals surface area contributed by atoms with Gasteiger partial charge >= 0.3 is 0 Å². The molecule has 0 aliphatic rings. The average molecular weight is 269 g/mol. The number of rotatable bonds is 7. The van der Waals surface area contributed by atoms with Gasteiger partial charge in [-0.05, 0) is 49.6 Å². The lowest BCUT2D eigenvalue weighted by Crippen LogP contribution is -2.07. The molecule has 2 nitrogen and oxygen atoms in total. The molecule has 0 amide bonds. The zero-order valence-electron chi connectivity index (χ0n) is 12.4. The fraction of sp³-hybridized carbons (Fsp3) is 0.333. The Kier molecular flexibility index (Phi) is 5.48. The van der Waals surface area contributed by atoms with Crippen molar-refractivity contribution >= 4 is 5.69 Å². The van der Waals surface area contributed by atoms with Gasteiger partial charge in [-0.25, -0.2) is 0 Å². The van der Waals surface area contributed by atoms with Crippen LogP contribution in [0.4, 0.5) is 5.69 Å². The number of aryl methyl sites for hydroxylation is 2. The van der Waals surface area contributed by atoms with Gasteiger partial charge in [0.1, 0.15) is 5.75 Å². The summed E-state index contributed by atoms with van der Waals surface area (Å²) in [4.78, 5) is 0. The highest BCUT2D eigenvalue weighted by molar-refractivity contribution is 5.44. The minimum absolute atomic E-state index is 0.740. The number of hydrogen-bond donors (Lipinski definition) is 1. The van der Waals surface area contributed by atoms with Gasteiger partial charge in [-0.15, -0.1) is 0 Å². The minimum Gasteiger partial charge on any atom is -0.494 e. The maximum atomic E-state index is 5.72. The van der Waals surface area contributed by atoms with E-state index in [1.807, 2.05) is 12.1 Å². The smallest absolute Gasteiger partial charge is 0.119 e. The zero-order chi connectivity index (χ0) is 14.2. The van der Waals surface area contributed by atoms with E-state index in [4.69, 9.17) is 4.74 Å². The van der Waals surface area contributed by atoms with Crippen LogP contribution < -0.4 is 10.1 Å². The molecule has 20 heavy (non-hydrogen) atoms. The summed E-state index contributed by atoms with van der Waals surface area (Å²) in [7, 11) is 0. The van der Waals surface area contributed by atoms with E-state index in [2.05, 4.69) is 55.6 Å². The van der Waals surface area contributed by atoms with Crippen molar-refractivity contribution in [3.8, 4) is 5.75 Å². The van der Waals surface area contributed by atoms with Crippen molar-refractivity contribution in [2.45, 2.75) is 26.7 Å². The largest absolute Gasteiger partial charge is 0.494 e. The van der Waals surface area contributed by atoms with Crippen LogP contribution in [0.15, 0.2) is 48.5 Å². The molecule has 2 rings (SSSR count). The summed E-state index contributed by atoms with van der Waals surface area (Å²) in [6, 6.07) is 16.8. The predicted molar refractivity (Wildman–Crippen MR) is 85.6 cm³/mol. The van der Waals surface area contributed by atoms with Gasteiger partial charge in [0, 0.05) is 12.2 Å². The van der Waals surface area contributed by atoms with Gasteiger partial charge in [0.25, 0.3) is 0 Å². The van der Waals surface area contributed by atoms with Crippen LogP contribution in [-0.2, 0) is 6.42 Å². The molecule has 0 radical (unpaired) electrons. The van der Waals surface area contributed by atoms with E-state index >= 15 is 0 Å². The SMILES string of the molecule is CCc1ccc(OCCCNc2ccc(C)cc2)cc1. The van der Waals surface area contributed by atoms with Crippen LogP contribution in [0, 0.1) is 6.92 Å². The third-order valence-corrected chi connectivity index (χ3v) is 3.30. The second-order valence-electron chi connectivity index (χ2n) is 4.99. The first kappa shape index (κ1) is 14.4. The lowest BCUT2D eigenvalue weighted by Gasteiger charge is -2.09. The highest BCUT2D eigenvalue weighted by Crippen LogP contribution is 2.13. The highest BCUT2D eigenvalue weighted by Gasteiger charge is 1.95. The summed E-state index contributed by atoms with van der Waals surface area (Å²) in [6.45, 7) is 5.93. The fourth-order valence-corrected chi connectivity index (χ4v) is 1.99. The first-order chi connectivity index (χ1) is 9.78. The topological polar surface area (TPSA) is 21.3 Å². The van der Waals surface area contributed by atoms with E-state index in [1.165, 1.54) is 16.8 Å². The van der Waals surface area contributed by atoms with Crippen molar-refractivity contribution in [2.24, 2.45) is 0 Å². The molecule has 0 saturated carbocycles. The van der Waals surface area contributed by atoms with Crippen molar-refractivity contribution in [3.05, 3.63) is 59.7 Å². The Hall–Kier alpha value is -1.96. The van der Waals surface area contributed by atoms with Gasteiger partial charge in [0.2, 0.25) is 0 Å². The molecule has 0 aliphatic heterocycles. The van der Waals surface area contributed by atoms with Gasteiger partial charge in [0.15, 0.2) is 0 Å². The summed E-state index contributed by atoms with van der Waals surface area (Å²) in [5, 5.41) is 3.40. The summed E-state index contributed by atoms with van der Waals surface area (Å²) >= 11 is 0. The second-order valence-corrected chi connectivity index (χ2v) is 4.99. The Morgan fingerprint density at radius 3 is 2.30 bits per heavy atom. The number of benzene rings is 2. The second kappa shape index (κ2) is 7.59. The quantitative estimate of drug-likeness (QED) is 0.750. The summed E-state index contributed by atoms with van der Waals surface area (Å²) in [5.74, 6) is 0.956. The van der Waals surface area contributed by atoms with E-state index in [0.717, 1.165) is 31.7 Å². The van der Waals surface area contributed by atoms with Gasteiger partial charge in [-0.3, -0.25) is 0 Å². The molecule has 0 aliphatic carbocycles. The van der Waals surface area contributed by atoms with Crippen molar-refractivity contribution in [1.29, 1.82) is 0 Å². The molecule has 1 N–H and O–H groups in total. The molecule has 2 heteroatoms. The molecule has 2 aromatic rings. The maximum Gasteiger partial charge on any atom is 0.119 e. The lowest BCUT2D eigenvalue weighted by molar-refractivity contribution is 0.315. The van der Waals surface area contributed by atoms with Gasteiger partial charge in [0.05, 0.1) is 6.61 Å². The zero-order valence-corrected chi connectivity index (χ0v) is 12.4. The molecular weight excluding hydrogens is 246 g/mol. The Balaban J connectivity index is 1.64. The van der Waals surface area contributed by atoms with Crippen LogP contribution in [0.1, 0.15) is 24.5 Å². The minimum atomic E-state index is 0.740. The number of nitrogens with one attached hydrogen (secondary N) is 1. The first-order valence-corrected chi connectivity index (χ1v) is 7.30. The van der Waals surface area contributed by atoms with Crippen LogP contribution in [0.2, 0.25) is 0 Å². The Morgan fingerprint density at radius 1 is 0.950 bits per heavy atom. The van der Waals surface area contributed by atoms with Crippen LogP contribution in [0.3, 0.4) is 0 Å². The third-order valence-electron chi connectivity index (χ3n) is 3.30. The maximum absolute atomic E-state index is 5.72. The van der Waals surface area contributed by atoms with Gasteiger partial charge in [-0.1, -0.05) is 36.8 Å². The van der Waals surface area contributed by atoms with E-state index in [-0.39, 0.29) is 0 Å². The standard InChI is InChI=1S/C18H23NO/c1-3-16-7-11-18(12-8-16)20-14-4-13-19-17-9-5-15(2)6-10-17/h5-12,19H,3-4,13-14H2,1-2H3. The normalized spacial score (nSPS) is 10.3. The summed E-state index contributed by atoms with van der Waals surface area (Å²) in [6.07, 6.45) is 2.06. The first-order valence-electron chi connectivity index (χ1n) is 7.30. The number of anilines is 1. The molecule has 0 saturated heterocycles. The molecule has 2 aromatic carbocycles. The van der Waals surface area contributed by atoms with E-state index in [1.54, 1.807) is 0 Å². The van der Waals surface area contributed by atoms with Crippen molar-refractivity contribution in [3.63, 3.8) is 0 Å². The molecule has 0 spiro atoms. The molecule has 0 heterocycles. The summed E-state index contributed by atoms with van der Waals surface area (Å²) in [5.41, 5.74) is 3.80. The average Bonchev–Trinajstić information content (AvgIpc) is 2.49. The van der Waals surface area contributed by atoms with Crippen molar-refractivity contribution in [1.82, 2.24) is 0 Å². The van der Waals surface area contributed by atoms with Crippen LogP contribution in [-0.4, -0.2) is 13.2 Å². The van der Waals surface area contributed by atoms with Crippen LogP contribution >= 0.6 is 0 Å². The van der Waals surface area contributed by atoms with Gasteiger partial charge in [-0.2, -0.15) is 0 Å². The third kappa shape index (κ3) is 4.61. The molecule has 0 unspecified atom stereocenters. The van der Waals surface area contributed by atoms with Crippen molar-refractivity contribution in [2.75, 3.05) is 18.5 Å². The molecule has 106 valence electrons. The number of hydrogen-bond acceptors (Lipinski definition) is 2. The monoisotopic (exact) mass is 269 g/mol. The molecule has 0 aromatic heterocycles. The Morgan fingerprint density at radius 2 is 1.65 bits per heavy atom. The Labute approximate surface area is 121 Å². The van der Waals surface area contributed by atoms with Gasteiger partial charge < -0.3 is 10.1 Å². The Bertz CT molecular complexity index is 502. The molecule has 0 bridgehead atoms. The predicted octanol–water partition coefficient (Wildman–Crippen LogP) is 4.44. The van der Waals surface area contributed by atoms with E-state index in [9.17, 15) is 0 Å². The van der Waals surface area contributed by atoms with Crippen molar-refractivity contribution < 1.29 is 4.74 Å². The molecular formula is C18H23NO. The highest BCUT2D eigenvalue weighted by atomic mass is 16.5. The van der Waals surface area contributed by atoms with Crippen LogP contribution in [0.25, 0.3) is 0 Å².